The maximum Gasteiger partial charge on any atom is 0.254 e. The Morgan fingerprint density at radius 3 is 2.41 bits per heavy atom. The summed E-state index contributed by atoms with van der Waals surface area (Å²) in [6.07, 6.45) is 6.53. The van der Waals surface area contributed by atoms with Gasteiger partial charge in [0, 0.05) is 23.3 Å². The number of H-pyrrole nitrogens is 1. The Hall–Kier alpha value is -3.02. The summed E-state index contributed by atoms with van der Waals surface area (Å²) >= 11 is 0. The van der Waals surface area contributed by atoms with Gasteiger partial charge in [0.25, 0.3) is 5.91 Å². The van der Waals surface area contributed by atoms with Crippen LogP contribution in [0.4, 0.5) is 8.78 Å². The topological polar surface area (TPSA) is 49.0 Å². The average Bonchev–Trinajstić information content (AvgIpc) is 3.44. The van der Waals surface area contributed by atoms with Crippen molar-refractivity contribution in [2.24, 2.45) is 0 Å². The minimum absolute atomic E-state index is 0.00926. The summed E-state index contributed by atoms with van der Waals surface area (Å²) in [7, 11) is 0. The molecule has 1 N–H and O–H groups in total. The van der Waals surface area contributed by atoms with E-state index in [2.05, 4.69) is 10.2 Å². The molecule has 6 heteroatoms. The molecule has 2 aromatic carbocycles. The van der Waals surface area contributed by atoms with E-state index in [1.54, 1.807) is 24.3 Å². The first-order valence-electron chi connectivity index (χ1n) is 10.00. The van der Waals surface area contributed by atoms with Gasteiger partial charge in [-0.3, -0.25) is 9.89 Å². The molecule has 3 aromatic rings. The van der Waals surface area contributed by atoms with E-state index >= 15 is 0 Å². The highest BCUT2D eigenvalue weighted by Gasteiger charge is 2.39. The van der Waals surface area contributed by atoms with E-state index in [-0.39, 0.29) is 23.6 Å². The Bertz CT molecular complexity index is 1040. The molecule has 1 heterocycles. The maximum absolute atomic E-state index is 14.1. The Labute approximate surface area is 167 Å². The Morgan fingerprint density at radius 1 is 1.00 bits per heavy atom. The predicted molar refractivity (Wildman–Crippen MR) is 105 cm³/mol. The van der Waals surface area contributed by atoms with Crippen LogP contribution >= 0.6 is 0 Å². The highest BCUT2D eigenvalue weighted by molar-refractivity contribution is 5.95. The number of aromatic amines is 1. The minimum atomic E-state index is -0.609. The van der Waals surface area contributed by atoms with Crippen LogP contribution in [0.25, 0.3) is 11.1 Å². The molecular formula is C23H21F2N3O. The zero-order valence-corrected chi connectivity index (χ0v) is 15.9. The summed E-state index contributed by atoms with van der Waals surface area (Å²) in [4.78, 5) is 15.3. The summed E-state index contributed by atoms with van der Waals surface area (Å²) < 4.78 is 28.1. The molecule has 4 nitrogen and oxygen atoms in total. The van der Waals surface area contributed by atoms with Crippen molar-refractivity contribution in [3.63, 3.8) is 0 Å². The van der Waals surface area contributed by atoms with Gasteiger partial charge in [-0.1, -0.05) is 18.2 Å². The molecule has 1 unspecified atom stereocenters. The third-order valence-electron chi connectivity index (χ3n) is 5.94. The SMILES string of the molecule is O=C(c1ccc(-c2c(F)cccc2F)cc1)N(C1CC1)C1CCc2[nH]ncc2C1. The molecule has 148 valence electrons. The lowest BCUT2D eigenvalue weighted by atomic mass is 9.91. The molecule has 1 aromatic heterocycles. The van der Waals surface area contributed by atoms with Crippen molar-refractivity contribution in [1.29, 1.82) is 0 Å². The molecule has 0 saturated heterocycles. The zero-order valence-electron chi connectivity index (χ0n) is 15.9. The summed E-state index contributed by atoms with van der Waals surface area (Å²) in [6.45, 7) is 0. The van der Waals surface area contributed by atoms with Gasteiger partial charge in [0.05, 0.1) is 11.8 Å². The first-order valence-corrected chi connectivity index (χ1v) is 10.00. The van der Waals surface area contributed by atoms with E-state index in [4.69, 9.17) is 0 Å². The van der Waals surface area contributed by atoms with Crippen molar-refractivity contribution in [1.82, 2.24) is 15.1 Å². The largest absolute Gasteiger partial charge is 0.332 e. The summed E-state index contributed by atoms with van der Waals surface area (Å²) in [5.41, 5.74) is 3.27. The van der Waals surface area contributed by atoms with E-state index in [1.807, 2.05) is 11.1 Å². The van der Waals surface area contributed by atoms with Gasteiger partial charge in [0.15, 0.2) is 0 Å². The van der Waals surface area contributed by atoms with Crippen molar-refractivity contribution in [3.8, 4) is 11.1 Å². The highest BCUT2D eigenvalue weighted by atomic mass is 19.1. The Morgan fingerprint density at radius 2 is 1.72 bits per heavy atom. The van der Waals surface area contributed by atoms with Crippen LogP contribution in [0.5, 0.6) is 0 Å². The predicted octanol–water partition coefficient (Wildman–Crippen LogP) is 4.52. The fourth-order valence-corrected chi connectivity index (χ4v) is 4.32. The molecule has 0 bridgehead atoms. The second-order valence-electron chi connectivity index (χ2n) is 7.89. The van der Waals surface area contributed by atoms with E-state index in [1.165, 1.54) is 29.5 Å². The molecule has 1 atom stereocenters. The summed E-state index contributed by atoms with van der Waals surface area (Å²) in [6, 6.07) is 10.8. The highest BCUT2D eigenvalue weighted by Crippen LogP contribution is 2.35. The molecule has 1 fully saturated rings. The molecule has 1 amide bonds. The third kappa shape index (κ3) is 3.33. The van der Waals surface area contributed by atoms with Crippen LogP contribution in [0, 0.1) is 11.6 Å². The number of nitrogens with one attached hydrogen (secondary N) is 1. The number of fused-ring (bicyclic) bond motifs is 1. The molecule has 0 spiro atoms. The molecule has 0 aliphatic heterocycles. The molecule has 0 radical (unpaired) electrons. The lowest BCUT2D eigenvalue weighted by Crippen LogP contribution is -2.44. The van der Waals surface area contributed by atoms with Gasteiger partial charge in [-0.2, -0.15) is 5.10 Å². The fourth-order valence-electron chi connectivity index (χ4n) is 4.32. The third-order valence-corrected chi connectivity index (χ3v) is 5.94. The number of aryl methyl sites for hydroxylation is 1. The Balaban J connectivity index is 1.40. The molecule has 2 aliphatic carbocycles. The number of halogens is 2. The number of carbonyl (C=O) groups is 1. The van der Waals surface area contributed by atoms with Gasteiger partial charge in [-0.25, -0.2) is 8.78 Å². The monoisotopic (exact) mass is 393 g/mol. The van der Waals surface area contributed by atoms with Crippen molar-refractivity contribution in [2.75, 3.05) is 0 Å². The molecule has 5 rings (SSSR count). The number of carbonyl (C=O) groups excluding carboxylic acids is 1. The molecule has 2 aliphatic rings. The van der Waals surface area contributed by atoms with Crippen LogP contribution in [0.15, 0.2) is 48.7 Å². The van der Waals surface area contributed by atoms with Crippen LogP contribution in [0.2, 0.25) is 0 Å². The maximum atomic E-state index is 14.1. The normalized spacial score (nSPS) is 18.3. The minimum Gasteiger partial charge on any atom is -0.332 e. The van der Waals surface area contributed by atoms with E-state index in [0.717, 1.165) is 32.1 Å². The number of benzene rings is 2. The van der Waals surface area contributed by atoms with Crippen molar-refractivity contribution in [2.45, 2.75) is 44.2 Å². The lowest BCUT2D eigenvalue weighted by molar-refractivity contribution is 0.0643. The van der Waals surface area contributed by atoms with E-state index in [9.17, 15) is 13.6 Å². The van der Waals surface area contributed by atoms with Crippen molar-refractivity contribution in [3.05, 3.63) is 77.1 Å². The molecule has 29 heavy (non-hydrogen) atoms. The zero-order chi connectivity index (χ0) is 20.0. The number of aromatic nitrogens is 2. The van der Waals surface area contributed by atoms with E-state index in [0.29, 0.717) is 11.1 Å². The van der Waals surface area contributed by atoms with Crippen LogP contribution in [0.1, 0.15) is 40.9 Å². The number of amides is 1. The van der Waals surface area contributed by atoms with Crippen LogP contribution in [-0.4, -0.2) is 33.1 Å². The average molecular weight is 393 g/mol. The number of hydrogen-bond acceptors (Lipinski definition) is 2. The second-order valence-corrected chi connectivity index (χ2v) is 7.89. The number of nitrogens with zero attached hydrogens (tertiary/aromatic N) is 2. The molecule has 1 saturated carbocycles. The number of rotatable bonds is 4. The lowest BCUT2D eigenvalue weighted by Gasteiger charge is -2.34. The quantitative estimate of drug-likeness (QED) is 0.709. The van der Waals surface area contributed by atoms with Crippen molar-refractivity contribution < 1.29 is 13.6 Å². The van der Waals surface area contributed by atoms with Crippen LogP contribution in [-0.2, 0) is 12.8 Å². The van der Waals surface area contributed by atoms with Gasteiger partial charge < -0.3 is 4.90 Å². The van der Waals surface area contributed by atoms with Gasteiger partial charge in [-0.05, 0) is 67.5 Å². The summed E-state index contributed by atoms with van der Waals surface area (Å²) in [5, 5.41) is 7.16. The first kappa shape index (κ1) is 18.0. The van der Waals surface area contributed by atoms with Gasteiger partial charge in [0.2, 0.25) is 0 Å². The van der Waals surface area contributed by atoms with Gasteiger partial charge >= 0.3 is 0 Å². The smallest absolute Gasteiger partial charge is 0.254 e. The summed E-state index contributed by atoms with van der Waals surface area (Å²) in [5.74, 6) is -1.23. The molecular weight excluding hydrogens is 372 g/mol. The standard InChI is InChI=1S/C23H21F2N3O/c24-19-2-1-3-20(25)22(19)14-4-6-15(7-5-14)23(29)28(17-8-9-17)18-10-11-21-16(12-18)13-26-27-21/h1-7,13,17-18H,8-12H2,(H,26,27). The second kappa shape index (κ2) is 7.10. The van der Waals surface area contributed by atoms with Crippen LogP contribution in [0.3, 0.4) is 0 Å². The van der Waals surface area contributed by atoms with Gasteiger partial charge in [0.1, 0.15) is 11.6 Å². The first-order chi connectivity index (χ1) is 14.1. The number of hydrogen-bond donors (Lipinski definition) is 1. The van der Waals surface area contributed by atoms with E-state index < -0.39 is 11.6 Å². The van der Waals surface area contributed by atoms with Crippen molar-refractivity contribution >= 4 is 5.91 Å². The fraction of sp³-hybridized carbons (Fsp3) is 0.304. The van der Waals surface area contributed by atoms with Crippen LogP contribution < -0.4 is 0 Å². The Kier molecular flexibility index (Phi) is 4.42. The van der Waals surface area contributed by atoms with Gasteiger partial charge in [-0.15, -0.1) is 0 Å².